The van der Waals surface area contributed by atoms with Gasteiger partial charge in [-0.05, 0) is 49.2 Å². The Morgan fingerprint density at radius 2 is 2.00 bits per heavy atom. The molecule has 1 aromatic heterocycles. The van der Waals surface area contributed by atoms with Gasteiger partial charge in [0.2, 0.25) is 5.75 Å². The molecule has 0 fully saturated rings. The number of fused-ring (bicyclic) bond motifs is 1. The molecule has 4 aromatic rings. The molecule has 1 N–H and O–H groups in total. The Balaban J connectivity index is 1.68. The molecule has 0 aliphatic carbocycles. The molecule has 0 saturated heterocycles. The molecular formula is C29H28BrN5O6. The van der Waals surface area contributed by atoms with Crippen molar-refractivity contribution in [3.8, 4) is 11.5 Å². The summed E-state index contributed by atoms with van der Waals surface area (Å²) in [6, 6.07) is 15.2. The van der Waals surface area contributed by atoms with Crippen LogP contribution in [0, 0.1) is 17.0 Å². The smallest absolute Gasteiger partial charge is 0.315 e. The highest BCUT2D eigenvalue weighted by Gasteiger charge is 2.23. The zero-order valence-corrected chi connectivity index (χ0v) is 24.5. The minimum Gasteiger partial charge on any atom is -0.493 e. The van der Waals surface area contributed by atoms with E-state index in [2.05, 4.69) is 31.3 Å². The third-order valence-corrected chi connectivity index (χ3v) is 6.94. The molecule has 0 bridgehead atoms. The van der Waals surface area contributed by atoms with Gasteiger partial charge in [-0.25, -0.2) is 4.98 Å². The van der Waals surface area contributed by atoms with E-state index in [1.807, 2.05) is 39.0 Å². The monoisotopic (exact) mass is 621 g/mol. The van der Waals surface area contributed by atoms with Gasteiger partial charge in [0, 0.05) is 27.7 Å². The van der Waals surface area contributed by atoms with Crippen molar-refractivity contribution >= 4 is 50.3 Å². The Morgan fingerprint density at radius 3 is 2.68 bits per heavy atom. The van der Waals surface area contributed by atoms with Crippen LogP contribution < -0.4 is 20.3 Å². The molecule has 12 heteroatoms. The maximum Gasteiger partial charge on any atom is 0.315 e. The molecule has 1 atom stereocenters. The number of benzene rings is 3. The highest BCUT2D eigenvalue weighted by atomic mass is 79.9. The molecule has 1 amide bonds. The van der Waals surface area contributed by atoms with Crippen LogP contribution in [-0.2, 0) is 4.79 Å². The first-order valence-corrected chi connectivity index (χ1v) is 13.5. The number of nitrogens with one attached hydrogen (secondary N) is 1. The zero-order chi connectivity index (χ0) is 29.7. The van der Waals surface area contributed by atoms with Crippen LogP contribution >= 0.6 is 15.9 Å². The molecule has 0 radical (unpaired) electrons. The quantitative estimate of drug-likeness (QED) is 0.134. The number of halogens is 1. The Hall–Kier alpha value is -4.58. The lowest BCUT2D eigenvalue weighted by Crippen LogP contribution is -2.23. The van der Waals surface area contributed by atoms with E-state index in [9.17, 15) is 19.7 Å². The third kappa shape index (κ3) is 6.60. The highest BCUT2D eigenvalue weighted by molar-refractivity contribution is 9.10. The summed E-state index contributed by atoms with van der Waals surface area (Å²) in [7, 11) is 1.33. The van der Waals surface area contributed by atoms with E-state index in [1.165, 1.54) is 30.1 Å². The molecule has 0 aliphatic heterocycles. The standard InChI is InChI=1S/C29H28BrN5O6/c1-5-17(2)28-33-23-11-10-20(30)14-21(23)29(37)34(28)31-15-19-12-24(35(38)39)27(25(13-19)40-4)41-16-26(36)32-22-9-7-6-8-18(22)3/h6-15,17H,5,16H2,1-4H3,(H,32,36)/t17-/m0/s1. The van der Waals surface area contributed by atoms with Crippen LogP contribution in [0.3, 0.4) is 0 Å². The predicted molar refractivity (Wildman–Crippen MR) is 160 cm³/mol. The van der Waals surface area contributed by atoms with Gasteiger partial charge in [-0.2, -0.15) is 9.78 Å². The molecule has 3 aromatic carbocycles. The van der Waals surface area contributed by atoms with Gasteiger partial charge in [-0.15, -0.1) is 0 Å². The average molecular weight is 622 g/mol. The van der Waals surface area contributed by atoms with Crippen LogP contribution in [0.4, 0.5) is 11.4 Å². The van der Waals surface area contributed by atoms with Crippen LogP contribution in [0.2, 0.25) is 0 Å². The second kappa shape index (κ2) is 12.7. The van der Waals surface area contributed by atoms with Gasteiger partial charge >= 0.3 is 5.69 Å². The fraction of sp³-hybridized carbons (Fsp3) is 0.241. The van der Waals surface area contributed by atoms with Crippen molar-refractivity contribution in [2.75, 3.05) is 19.0 Å². The second-order valence-electron chi connectivity index (χ2n) is 9.28. The molecule has 11 nitrogen and oxygen atoms in total. The van der Waals surface area contributed by atoms with Crippen molar-refractivity contribution in [3.05, 3.63) is 96.5 Å². The van der Waals surface area contributed by atoms with Crippen LogP contribution in [0.1, 0.15) is 43.1 Å². The number of hydrogen-bond acceptors (Lipinski definition) is 8. The van der Waals surface area contributed by atoms with Crippen molar-refractivity contribution in [2.24, 2.45) is 5.10 Å². The number of nitro groups is 1. The Bertz CT molecular complexity index is 1720. The summed E-state index contributed by atoms with van der Waals surface area (Å²) in [5.41, 5.74) is 1.50. The molecule has 1 heterocycles. The van der Waals surface area contributed by atoms with Gasteiger partial charge in [-0.3, -0.25) is 19.7 Å². The van der Waals surface area contributed by atoms with Gasteiger partial charge in [0.25, 0.3) is 11.5 Å². The number of anilines is 1. The summed E-state index contributed by atoms with van der Waals surface area (Å²) < 4.78 is 12.9. The Labute approximate surface area is 244 Å². The first-order chi connectivity index (χ1) is 19.6. The van der Waals surface area contributed by atoms with E-state index in [0.717, 1.165) is 10.0 Å². The van der Waals surface area contributed by atoms with Crippen molar-refractivity contribution in [2.45, 2.75) is 33.1 Å². The van der Waals surface area contributed by atoms with E-state index >= 15 is 0 Å². The molecular weight excluding hydrogens is 594 g/mol. The summed E-state index contributed by atoms with van der Waals surface area (Å²) in [5, 5.41) is 19.4. The highest BCUT2D eigenvalue weighted by Crippen LogP contribution is 2.38. The van der Waals surface area contributed by atoms with E-state index in [4.69, 9.17) is 9.47 Å². The molecule has 4 rings (SSSR count). The van der Waals surface area contributed by atoms with E-state index in [1.54, 1.807) is 24.3 Å². The SMILES string of the molecule is CC[C@H](C)c1nc2ccc(Br)cc2c(=O)n1N=Cc1cc(OC)c(OCC(=O)Nc2ccccc2C)c([N+](=O)[O-])c1. The van der Waals surface area contributed by atoms with Crippen molar-refractivity contribution in [1.82, 2.24) is 9.66 Å². The second-order valence-corrected chi connectivity index (χ2v) is 10.2. The summed E-state index contributed by atoms with van der Waals surface area (Å²) in [5.74, 6) is -0.291. The van der Waals surface area contributed by atoms with Crippen molar-refractivity contribution in [1.29, 1.82) is 0 Å². The summed E-state index contributed by atoms with van der Waals surface area (Å²) >= 11 is 3.38. The largest absolute Gasteiger partial charge is 0.493 e. The van der Waals surface area contributed by atoms with Gasteiger partial charge in [0.1, 0.15) is 5.82 Å². The van der Waals surface area contributed by atoms with Gasteiger partial charge in [-0.1, -0.05) is 48.0 Å². The van der Waals surface area contributed by atoms with Crippen molar-refractivity contribution in [3.63, 3.8) is 0 Å². The number of ether oxygens (including phenoxy) is 2. The number of carbonyl (C=O) groups excluding carboxylic acids is 1. The molecule has 0 saturated carbocycles. The fourth-order valence-corrected chi connectivity index (χ4v) is 4.42. The third-order valence-electron chi connectivity index (χ3n) is 6.45. The first-order valence-electron chi connectivity index (χ1n) is 12.7. The van der Waals surface area contributed by atoms with Gasteiger partial charge in [0.05, 0.1) is 29.2 Å². The minimum atomic E-state index is -0.639. The van der Waals surface area contributed by atoms with Crippen LogP contribution in [0.25, 0.3) is 10.9 Å². The van der Waals surface area contributed by atoms with E-state index in [-0.39, 0.29) is 28.5 Å². The number of aryl methyl sites for hydroxylation is 1. The maximum absolute atomic E-state index is 13.4. The van der Waals surface area contributed by atoms with Gasteiger partial charge in [0.15, 0.2) is 12.4 Å². The number of rotatable bonds is 10. The Morgan fingerprint density at radius 1 is 1.24 bits per heavy atom. The number of amides is 1. The van der Waals surface area contributed by atoms with Crippen LogP contribution in [-0.4, -0.2) is 40.4 Å². The molecule has 41 heavy (non-hydrogen) atoms. The number of hydrogen-bond donors (Lipinski definition) is 1. The van der Waals surface area contributed by atoms with Gasteiger partial charge < -0.3 is 14.8 Å². The number of carbonyl (C=O) groups is 1. The lowest BCUT2D eigenvalue weighted by molar-refractivity contribution is -0.385. The number of nitrogens with zero attached hydrogens (tertiary/aromatic N) is 4. The predicted octanol–water partition coefficient (Wildman–Crippen LogP) is 5.80. The summed E-state index contributed by atoms with van der Waals surface area (Å²) in [6.07, 6.45) is 2.04. The zero-order valence-electron chi connectivity index (χ0n) is 22.9. The van der Waals surface area contributed by atoms with Crippen molar-refractivity contribution < 1.29 is 19.2 Å². The molecule has 0 aliphatic rings. The summed E-state index contributed by atoms with van der Waals surface area (Å²) in [6.45, 7) is 5.28. The topological polar surface area (TPSA) is 138 Å². The van der Waals surface area contributed by atoms with Crippen LogP contribution in [0.5, 0.6) is 11.5 Å². The fourth-order valence-electron chi connectivity index (χ4n) is 4.06. The van der Waals surface area contributed by atoms with E-state index < -0.39 is 23.1 Å². The molecule has 212 valence electrons. The number of para-hydroxylation sites is 1. The minimum absolute atomic E-state index is 0.0272. The lowest BCUT2D eigenvalue weighted by Gasteiger charge is -2.14. The first kappa shape index (κ1) is 29.4. The van der Waals surface area contributed by atoms with E-state index in [0.29, 0.717) is 28.8 Å². The lowest BCUT2D eigenvalue weighted by atomic mass is 10.1. The molecule has 0 unspecified atom stereocenters. The maximum atomic E-state index is 13.4. The Kier molecular flexibility index (Phi) is 9.13. The van der Waals surface area contributed by atoms with Crippen LogP contribution in [0.15, 0.2) is 69.0 Å². The number of aromatic nitrogens is 2. The normalized spacial score (nSPS) is 11.9. The number of methoxy groups -OCH3 is 1. The average Bonchev–Trinajstić information content (AvgIpc) is 2.96. The summed E-state index contributed by atoms with van der Waals surface area (Å²) in [4.78, 5) is 41.9. The number of nitro benzene ring substituents is 1. The molecule has 0 spiro atoms.